The summed E-state index contributed by atoms with van der Waals surface area (Å²) in [5, 5.41) is 0. The van der Waals surface area contributed by atoms with Crippen LogP contribution in [0.25, 0.3) is 5.69 Å². The van der Waals surface area contributed by atoms with Gasteiger partial charge in [-0.25, -0.2) is 13.8 Å². The number of carbonyl (C=O) groups excluding carboxylic acids is 1. The second kappa shape index (κ2) is 7.35. The van der Waals surface area contributed by atoms with Crippen LogP contribution in [0.5, 0.6) is 5.75 Å². The Hall–Kier alpha value is -3.22. The van der Waals surface area contributed by atoms with E-state index in [-0.39, 0.29) is 24.0 Å². The first kappa shape index (κ1) is 17.6. The van der Waals surface area contributed by atoms with Crippen molar-refractivity contribution in [3.63, 3.8) is 0 Å². The van der Waals surface area contributed by atoms with Crippen LogP contribution in [0.4, 0.5) is 8.78 Å². The zero-order chi connectivity index (χ0) is 18.7. The van der Waals surface area contributed by atoms with Gasteiger partial charge in [0, 0.05) is 19.3 Å². The summed E-state index contributed by atoms with van der Waals surface area (Å²) in [6.45, 7) is 0.217. The summed E-state index contributed by atoms with van der Waals surface area (Å²) in [4.78, 5) is 18.2. The minimum Gasteiger partial charge on any atom is -0.494 e. The average Bonchev–Trinajstić information content (AvgIpc) is 3.11. The first-order valence-electron chi connectivity index (χ1n) is 7.85. The fourth-order valence-corrected chi connectivity index (χ4v) is 2.61. The molecule has 7 heteroatoms. The summed E-state index contributed by atoms with van der Waals surface area (Å²) in [6, 6.07) is 10.3. The van der Waals surface area contributed by atoms with E-state index in [9.17, 15) is 13.6 Å². The van der Waals surface area contributed by atoms with E-state index in [1.165, 1.54) is 48.8 Å². The lowest BCUT2D eigenvalue weighted by Gasteiger charge is -2.18. The summed E-state index contributed by atoms with van der Waals surface area (Å²) in [5.74, 6) is -0.984. The molecule has 0 saturated heterocycles. The predicted octanol–water partition coefficient (Wildman–Crippen LogP) is 3.43. The lowest BCUT2D eigenvalue weighted by atomic mass is 10.2. The molecule has 2 aromatic carbocycles. The van der Waals surface area contributed by atoms with E-state index >= 15 is 0 Å². The fraction of sp³-hybridized carbons (Fsp3) is 0.158. The van der Waals surface area contributed by atoms with Gasteiger partial charge < -0.3 is 9.64 Å². The van der Waals surface area contributed by atoms with Crippen LogP contribution in [-0.4, -0.2) is 34.5 Å². The highest BCUT2D eigenvalue weighted by atomic mass is 19.1. The van der Waals surface area contributed by atoms with Gasteiger partial charge in [0.25, 0.3) is 5.91 Å². The molecule has 1 heterocycles. The van der Waals surface area contributed by atoms with Gasteiger partial charge in [-0.2, -0.15) is 0 Å². The van der Waals surface area contributed by atoms with Gasteiger partial charge in [0.2, 0.25) is 0 Å². The Morgan fingerprint density at radius 1 is 1.19 bits per heavy atom. The van der Waals surface area contributed by atoms with Crippen LogP contribution >= 0.6 is 0 Å². The van der Waals surface area contributed by atoms with Crippen molar-refractivity contribution < 1.29 is 18.3 Å². The summed E-state index contributed by atoms with van der Waals surface area (Å²) in [6.07, 6.45) is 2.93. The van der Waals surface area contributed by atoms with Crippen LogP contribution in [0.1, 0.15) is 16.1 Å². The molecule has 0 spiro atoms. The van der Waals surface area contributed by atoms with Crippen molar-refractivity contribution in [2.45, 2.75) is 6.54 Å². The second-order valence-electron chi connectivity index (χ2n) is 5.76. The predicted molar refractivity (Wildman–Crippen MR) is 92.3 cm³/mol. The molecule has 3 rings (SSSR count). The lowest BCUT2D eigenvalue weighted by molar-refractivity contribution is 0.0777. The minimum absolute atomic E-state index is 0.150. The molecule has 3 aromatic rings. The third kappa shape index (κ3) is 3.56. The SMILES string of the molecule is COc1ccc(CN(C)C(=O)c2cncn2-c2ccc(F)cc2)cc1F. The fourth-order valence-electron chi connectivity index (χ4n) is 2.61. The Morgan fingerprint density at radius 2 is 1.92 bits per heavy atom. The Bertz CT molecular complexity index is 923. The summed E-state index contributed by atoms with van der Waals surface area (Å²) < 4.78 is 33.4. The Balaban J connectivity index is 1.80. The number of hydrogen-bond donors (Lipinski definition) is 0. The van der Waals surface area contributed by atoms with Crippen molar-refractivity contribution in [3.05, 3.63) is 77.9 Å². The highest BCUT2D eigenvalue weighted by molar-refractivity contribution is 5.92. The standard InChI is InChI=1S/C19H17F2N3O2/c1-23(11-13-3-8-18(26-2)16(21)9-13)19(25)17-10-22-12-24(17)15-6-4-14(20)5-7-15/h3-10,12H,11H2,1-2H3. The maximum Gasteiger partial charge on any atom is 0.272 e. The lowest BCUT2D eigenvalue weighted by Crippen LogP contribution is -2.28. The van der Waals surface area contributed by atoms with Crippen molar-refractivity contribution in [1.82, 2.24) is 14.5 Å². The van der Waals surface area contributed by atoms with Crippen molar-refractivity contribution >= 4 is 5.91 Å². The maximum absolute atomic E-state index is 13.8. The first-order chi connectivity index (χ1) is 12.5. The molecule has 0 atom stereocenters. The molecule has 0 aliphatic carbocycles. The number of amides is 1. The van der Waals surface area contributed by atoms with Gasteiger partial charge >= 0.3 is 0 Å². The van der Waals surface area contributed by atoms with Crippen molar-refractivity contribution in [2.75, 3.05) is 14.2 Å². The highest BCUT2D eigenvalue weighted by Gasteiger charge is 2.18. The number of nitrogens with zero attached hydrogens (tertiary/aromatic N) is 3. The van der Waals surface area contributed by atoms with E-state index in [0.717, 1.165) is 0 Å². The van der Waals surface area contributed by atoms with E-state index in [2.05, 4.69) is 4.98 Å². The Labute approximate surface area is 149 Å². The second-order valence-corrected chi connectivity index (χ2v) is 5.76. The third-order valence-corrected chi connectivity index (χ3v) is 3.95. The Kier molecular flexibility index (Phi) is 4.97. The normalized spacial score (nSPS) is 10.6. The van der Waals surface area contributed by atoms with E-state index in [1.54, 1.807) is 29.8 Å². The molecule has 0 radical (unpaired) electrons. The summed E-state index contributed by atoms with van der Waals surface area (Å²) in [5.41, 5.74) is 1.58. The molecular weight excluding hydrogens is 340 g/mol. The monoisotopic (exact) mass is 357 g/mol. The average molecular weight is 357 g/mol. The minimum atomic E-state index is -0.484. The van der Waals surface area contributed by atoms with Gasteiger partial charge in [0.1, 0.15) is 11.5 Å². The highest BCUT2D eigenvalue weighted by Crippen LogP contribution is 2.19. The van der Waals surface area contributed by atoms with Gasteiger partial charge in [0.05, 0.1) is 19.6 Å². The van der Waals surface area contributed by atoms with Crippen LogP contribution in [0, 0.1) is 11.6 Å². The number of aromatic nitrogens is 2. The molecule has 1 aromatic heterocycles. The van der Waals surface area contributed by atoms with E-state index in [4.69, 9.17) is 4.74 Å². The molecule has 0 unspecified atom stereocenters. The number of ether oxygens (including phenoxy) is 1. The molecule has 0 aliphatic rings. The molecular formula is C19H17F2N3O2. The summed E-state index contributed by atoms with van der Waals surface area (Å²) in [7, 11) is 3.01. The number of hydrogen-bond acceptors (Lipinski definition) is 3. The number of imidazole rings is 1. The molecule has 134 valence electrons. The zero-order valence-corrected chi connectivity index (χ0v) is 14.3. The van der Waals surface area contributed by atoms with Gasteiger partial charge in [-0.1, -0.05) is 6.07 Å². The van der Waals surface area contributed by atoms with E-state index in [1.807, 2.05) is 0 Å². The largest absolute Gasteiger partial charge is 0.494 e. The topological polar surface area (TPSA) is 47.4 Å². The number of halogens is 2. The van der Waals surface area contributed by atoms with Crippen molar-refractivity contribution in [3.8, 4) is 11.4 Å². The molecule has 5 nitrogen and oxygen atoms in total. The third-order valence-electron chi connectivity index (χ3n) is 3.95. The number of methoxy groups -OCH3 is 1. The van der Waals surface area contributed by atoms with Gasteiger partial charge in [-0.3, -0.25) is 9.36 Å². The molecule has 0 N–H and O–H groups in total. The van der Waals surface area contributed by atoms with E-state index in [0.29, 0.717) is 16.9 Å². The van der Waals surface area contributed by atoms with Crippen LogP contribution in [-0.2, 0) is 6.54 Å². The van der Waals surface area contributed by atoms with Gasteiger partial charge in [0.15, 0.2) is 11.6 Å². The first-order valence-corrected chi connectivity index (χ1v) is 7.85. The van der Waals surface area contributed by atoms with Gasteiger partial charge in [-0.15, -0.1) is 0 Å². The number of benzene rings is 2. The number of carbonyl (C=O) groups is 1. The Morgan fingerprint density at radius 3 is 2.58 bits per heavy atom. The van der Waals surface area contributed by atoms with Gasteiger partial charge in [-0.05, 0) is 42.0 Å². The molecule has 0 saturated carbocycles. The molecule has 0 bridgehead atoms. The molecule has 26 heavy (non-hydrogen) atoms. The number of rotatable bonds is 5. The quantitative estimate of drug-likeness (QED) is 0.703. The van der Waals surface area contributed by atoms with E-state index < -0.39 is 5.82 Å². The molecule has 0 fully saturated rings. The van der Waals surface area contributed by atoms with Crippen molar-refractivity contribution in [1.29, 1.82) is 0 Å². The smallest absolute Gasteiger partial charge is 0.272 e. The zero-order valence-electron chi connectivity index (χ0n) is 14.3. The maximum atomic E-state index is 13.8. The molecule has 0 aliphatic heterocycles. The van der Waals surface area contributed by atoms with Crippen LogP contribution in [0.3, 0.4) is 0 Å². The van der Waals surface area contributed by atoms with Crippen LogP contribution < -0.4 is 4.74 Å². The summed E-state index contributed by atoms with van der Waals surface area (Å²) >= 11 is 0. The van der Waals surface area contributed by atoms with Crippen LogP contribution in [0.15, 0.2) is 55.0 Å². The molecule has 1 amide bonds. The van der Waals surface area contributed by atoms with Crippen molar-refractivity contribution in [2.24, 2.45) is 0 Å². The van der Waals surface area contributed by atoms with Crippen LogP contribution in [0.2, 0.25) is 0 Å².